The molecule has 1 aromatic rings. The fraction of sp³-hybridized carbons (Fsp3) is 0.588. The van der Waals surface area contributed by atoms with E-state index in [2.05, 4.69) is 22.8 Å². The number of carbonyl (C=O) groups excluding carboxylic acids is 1. The summed E-state index contributed by atoms with van der Waals surface area (Å²) < 4.78 is 5.19. The fourth-order valence-corrected chi connectivity index (χ4v) is 2.87. The zero-order valence-corrected chi connectivity index (χ0v) is 13.6. The van der Waals surface area contributed by atoms with E-state index in [1.54, 1.807) is 0 Å². The molecule has 0 aliphatic heterocycles. The summed E-state index contributed by atoms with van der Waals surface area (Å²) in [5.74, 6) is 0. The number of ether oxygens (including phenoxy) is 1. The summed E-state index contributed by atoms with van der Waals surface area (Å²) in [7, 11) is 0. The highest BCUT2D eigenvalue weighted by Crippen LogP contribution is 2.36. The molecule has 3 N–H and O–H groups in total. The van der Waals surface area contributed by atoms with Crippen LogP contribution in [-0.2, 0) is 16.7 Å². The molecule has 1 aromatic carbocycles. The molecule has 1 atom stereocenters. The molecule has 0 fully saturated rings. The van der Waals surface area contributed by atoms with Crippen molar-refractivity contribution < 1.29 is 14.6 Å². The fourth-order valence-electron chi connectivity index (χ4n) is 2.87. The largest absolute Gasteiger partial charge is 0.444 e. The lowest BCUT2D eigenvalue weighted by Gasteiger charge is -2.30. The van der Waals surface area contributed by atoms with E-state index in [1.807, 2.05) is 32.9 Å². The summed E-state index contributed by atoms with van der Waals surface area (Å²) in [4.78, 5) is 11.6. The quantitative estimate of drug-likeness (QED) is 0.727. The molecule has 0 saturated heterocycles. The minimum absolute atomic E-state index is 0.0520. The zero-order chi connectivity index (χ0) is 16.2. The predicted molar refractivity (Wildman–Crippen MR) is 85.8 cm³/mol. The van der Waals surface area contributed by atoms with Crippen LogP contribution in [0.4, 0.5) is 4.79 Å². The Morgan fingerprint density at radius 2 is 2.05 bits per heavy atom. The number of benzene rings is 1. The van der Waals surface area contributed by atoms with Crippen molar-refractivity contribution >= 4 is 6.09 Å². The molecule has 1 amide bonds. The number of nitrogens with one attached hydrogen (secondary N) is 2. The van der Waals surface area contributed by atoms with Crippen molar-refractivity contribution in [3.8, 4) is 0 Å². The summed E-state index contributed by atoms with van der Waals surface area (Å²) in [6.07, 6.45) is 1.41. The molecule has 0 spiro atoms. The molecule has 1 aliphatic rings. The van der Waals surface area contributed by atoms with Crippen LogP contribution >= 0.6 is 0 Å². The zero-order valence-electron chi connectivity index (χ0n) is 13.6. The smallest absolute Gasteiger partial charge is 0.407 e. The van der Waals surface area contributed by atoms with E-state index in [0.29, 0.717) is 13.1 Å². The van der Waals surface area contributed by atoms with Crippen molar-refractivity contribution in [2.75, 3.05) is 19.7 Å². The third kappa shape index (κ3) is 3.99. The lowest BCUT2D eigenvalue weighted by Crippen LogP contribution is -2.47. The Labute approximate surface area is 132 Å². The summed E-state index contributed by atoms with van der Waals surface area (Å²) >= 11 is 0. The molecule has 0 heterocycles. The first kappa shape index (κ1) is 16.8. The van der Waals surface area contributed by atoms with Crippen molar-refractivity contribution in [3.63, 3.8) is 0 Å². The molecule has 5 nitrogen and oxygen atoms in total. The summed E-state index contributed by atoms with van der Waals surface area (Å²) in [5, 5.41) is 16.0. The topological polar surface area (TPSA) is 70.6 Å². The van der Waals surface area contributed by atoms with Gasteiger partial charge in [-0.3, -0.25) is 0 Å². The molecular formula is C17H26N2O3. The molecular weight excluding hydrogens is 280 g/mol. The molecule has 1 unspecified atom stereocenters. The van der Waals surface area contributed by atoms with Gasteiger partial charge in [-0.15, -0.1) is 0 Å². The maximum absolute atomic E-state index is 11.6. The van der Waals surface area contributed by atoms with Gasteiger partial charge in [-0.1, -0.05) is 24.3 Å². The maximum Gasteiger partial charge on any atom is 0.407 e. The van der Waals surface area contributed by atoms with Gasteiger partial charge in [-0.05, 0) is 44.7 Å². The molecule has 22 heavy (non-hydrogen) atoms. The Kier molecular flexibility index (Phi) is 5.08. The van der Waals surface area contributed by atoms with Gasteiger partial charge in [0.2, 0.25) is 0 Å². The highest BCUT2D eigenvalue weighted by atomic mass is 16.6. The highest BCUT2D eigenvalue weighted by Gasteiger charge is 2.37. The van der Waals surface area contributed by atoms with Crippen molar-refractivity contribution in [2.45, 2.75) is 44.8 Å². The molecule has 0 aromatic heterocycles. The molecule has 2 rings (SSSR count). The molecule has 122 valence electrons. The number of rotatable bonds is 5. The van der Waals surface area contributed by atoms with Crippen LogP contribution in [0.1, 0.15) is 38.3 Å². The van der Waals surface area contributed by atoms with E-state index in [1.165, 1.54) is 5.56 Å². The van der Waals surface area contributed by atoms with E-state index in [9.17, 15) is 9.90 Å². The SMILES string of the molecule is CC(C)(C)OC(=O)NCCNC1(CO)CCc2ccccc21. The number of hydrogen-bond donors (Lipinski definition) is 3. The van der Waals surface area contributed by atoms with Crippen molar-refractivity contribution in [1.29, 1.82) is 0 Å². The molecule has 0 saturated carbocycles. The standard InChI is InChI=1S/C17H26N2O3/c1-16(2,3)22-15(21)18-10-11-19-17(12-20)9-8-13-6-4-5-7-14(13)17/h4-7,19-20H,8-12H2,1-3H3,(H,18,21). The van der Waals surface area contributed by atoms with Gasteiger partial charge in [0.1, 0.15) is 5.60 Å². The third-order valence-corrected chi connectivity index (χ3v) is 3.88. The first-order chi connectivity index (χ1) is 10.4. The van der Waals surface area contributed by atoms with E-state index in [0.717, 1.165) is 18.4 Å². The highest BCUT2D eigenvalue weighted by molar-refractivity contribution is 5.67. The monoisotopic (exact) mass is 306 g/mol. The second-order valence-electron chi connectivity index (χ2n) is 6.75. The van der Waals surface area contributed by atoms with Gasteiger partial charge in [-0.25, -0.2) is 4.79 Å². The number of amides is 1. The Bertz CT molecular complexity index is 525. The number of fused-ring (bicyclic) bond motifs is 1. The normalized spacial score (nSPS) is 20.5. The number of aryl methyl sites for hydroxylation is 1. The van der Waals surface area contributed by atoms with Gasteiger partial charge in [0.15, 0.2) is 0 Å². The van der Waals surface area contributed by atoms with E-state index in [4.69, 9.17) is 4.74 Å². The van der Waals surface area contributed by atoms with E-state index >= 15 is 0 Å². The molecule has 0 bridgehead atoms. The third-order valence-electron chi connectivity index (χ3n) is 3.88. The van der Waals surface area contributed by atoms with Crippen LogP contribution in [0, 0.1) is 0 Å². The maximum atomic E-state index is 11.6. The number of aliphatic hydroxyl groups is 1. The van der Waals surface area contributed by atoms with Crippen molar-refractivity contribution in [3.05, 3.63) is 35.4 Å². The molecule has 0 radical (unpaired) electrons. The lowest BCUT2D eigenvalue weighted by atomic mass is 9.92. The average Bonchev–Trinajstić information content (AvgIpc) is 2.82. The average molecular weight is 306 g/mol. The van der Waals surface area contributed by atoms with Crippen LogP contribution in [-0.4, -0.2) is 36.5 Å². The Hall–Kier alpha value is -1.59. The van der Waals surface area contributed by atoms with Gasteiger partial charge < -0.3 is 20.5 Å². The number of aliphatic hydroxyl groups excluding tert-OH is 1. The van der Waals surface area contributed by atoms with Gasteiger partial charge in [0.05, 0.1) is 12.1 Å². The predicted octanol–water partition coefficient (Wildman–Crippen LogP) is 1.93. The summed E-state index contributed by atoms with van der Waals surface area (Å²) in [6, 6.07) is 8.19. The van der Waals surface area contributed by atoms with Crippen LogP contribution in [0.5, 0.6) is 0 Å². The second kappa shape index (κ2) is 6.67. The van der Waals surface area contributed by atoms with Crippen molar-refractivity contribution in [2.24, 2.45) is 0 Å². The van der Waals surface area contributed by atoms with Gasteiger partial charge in [0, 0.05) is 13.1 Å². The van der Waals surface area contributed by atoms with Gasteiger partial charge in [-0.2, -0.15) is 0 Å². The number of carbonyl (C=O) groups is 1. The number of hydrogen-bond acceptors (Lipinski definition) is 4. The van der Waals surface area contributed by atoms with Gasteiger partial charge >= 0.3 is 6.09 Å². The van der Waals surface area contributed by atoms with Gasteiger partial charge in [0.25, 0.3) is 0 Å². The number of alkyl carbamates (subject to hydrolysis) is 1. The van der Waals surface area contributed by atoms with Crippen molar-refractivity contribution in [1.82, 2.24) is 10.6 Å². The molecule has 5 heteroatoms. The van der Waals surface area contributed by atoms with E-state index in [-0.39, 0.29) is 6.61 Å². The van der Waals surface area contributed by atoms with Crippen LogP contribution in [0.25, 0.3) is 0 Å². The Balaban J connectivity index is 1.85. The molecule has 1 aliphatic carbocycles. The second-order valence-corrected chi connectivity index (χ2v) is 6.75. The van der Waals surface area contributed by atoms with Crippen LogP contribution in [0.15, 0.2) is 24.3 Å². The summed E-state index contributed by atoms with van der Waals surface area (Å²) in [5.41, 5.74) is 1.55. The van der Waals surface area contributed by atoms with Crippen LogP contribution < -0.4 is 10.6 Å². The minimum atomic E-state index is -0.492. The summed E-state index contributed by atoms with van der Waals surface area (Å²) in [6.45, 7) is 6.59. The minimum Gasteiger partial charge on any atom is -0.444 e. The van der Waals surface area contributed by atoms with Crippen LogP contribution in [0.2, 0.25) is 0 Å². The van der Waals surface area contributed by atoms with Crippen LogP contribution in [0.3, 0.4) is 0 Å². The Morgan fingerprint density at radius 3 is 2.73 bits per heavy atom. The Morgan fingerprint density at radius 1 is 1.32 bits per heavy atom. The van der Waals surface area contributed by atoms with E-state index < -0.39 is 17.2 Å². The first-order valence-corrected chi connectivity index (χ1v) is 7.77. The lowest BCUT2D eigenvalue weighted by molar-refractivity contribution is 0.0526. The first-order valence-electron chi connectivity index (χ1n) is 7.77.